The number of ether oxygens (including phenoxy) is 1. The largest absolute Gasteiger partial charge is 0.549 e. The third-order valence-corrected chi connectivity index (χ3v) is 2.83. The van der Waals surface area contributed by atoms with Gasteiger partial charge in [0.2, 0.25) is 0 Å². The average molecular weight is 249 g/mol. The van der Waals surface area contributed by atoms with Crippen LogP contribution in [0.3, 0.4) is 0 Å². The second kappa shape index (κ2) is 4.21. The fourth-order valence-corrected chi connectivity index (χ4v) is 1.74. The molecule has 0 amide bonds. The minimum Gasteiger partial charge on any atom is -0.549 e. The number of aliphatic carboxylic acids is 1. The molecule has 2 aliphatic rings. The number of esters is 1. The highest BCUT2D eigenvalue weighted by Gasteiger charge is 2.33. The van der Waals surface area contributed by atoms with Gasteiger partial charge in [-0.05, 0) is 19.9 Å². The van der Waals surface area contributed by atoms with Crippen molar-refractivity contribution in [3.8, 4) is 0 Å². The van der Waals surface area contributed by atoms with Gasteiger partial charge in [0.05, 0.1) is 18.3 Å². The lowest BCUT2D eigenvalue weighted by atomic mass is 9.87. The molecule has 0 radical (unpaired) electrons. The van der Waals surface area contributed by atoms with E-state index in [2.05, 4.69) is 5.43 Å². The van der Waals surface area contributed by atoms with Crippen LogP contribution in [-0.4, -0.2) is 23.6 Å². The summed E-state index contributed by atoms with van der Waals surface area (Å²) in [4.78, 5) is 22.8. The third kappa shape index (κ3) is 1.85. The summed E-state index contributed by atoms with van der Waals surface area (Å²) in [7, 11) is 0. The summed E-state index contributed by atoms with van der Waals surface area (Å²) in [5, 5.41) is 12.6. The summed E-state index contributed by atoms with van der Waals surface area (Å²) in [6.07, 6.45) is 5.98. The second-order valence-electron chi connectivity index (χ2n) is 4.19. The van der Waals surface area contributed by atoms with E-state index >= 15 is 0 Å². The molecule has 0 fully saturated rings. The molecular weight excluding hydrogens is 236 g/mol. The van der Waals surface area contributed by atoms with Gasteiger partial charge in [-0.1, -0.05) is 6.08 Å². The van der Waals surface area contributed by atoms with E-state index in [1.807, 2.05) is 0 Å². The van der Waals surface area contributed by atoms with Gasteiger partial charge in [0, 0.05) is 17.8 Å². The van der Waals surface area contributed by atoms with Gasteiger partial charge in [0.1, 0.15) is 5.57 Å². The van der Waals surface area contributed by atoms with Gasteiger partial charge >= 0.3 is 5.97 Å². The molecule has 1 N–H and O–H groups in total. The molecule has 1 atom stereocenters. The van der Waals surface area contributed by atoms with Crippen molar-refractivity contribution in [3.63, 3.8) is 0 Å². The van der Waals surface area contributed by atoms with Crippen LogP contribution in [-0.2, 0) is 14.3 Å². The van der Waals surface area contributed by atoms with Crippen molar-refractivity contribution < 1.29 is 19.4 Å². The van der Waals surface area contributed by atoms with E-state index in [0.717, 1.165) is 0 Å². The number of hydrogen-bond acceptors (Lipinski definition) is 6. The number of carbonyl (C=O) groups is 2. The van der Waals surface area contributed by atoms with E-state index in [1.165, 1.54) is 25.3 Å². The number of nitrogens with zero attached hydrogens (tertiary/aromatic N) is 1. The number of fused-ring (bicyclic) bond motifs is 1. The van der Waals surface area contributed by atoms with Gasteiger partial charge in [-0.3, -0.25) is 5.01 Å². The van der Waals surface area contributed by atoms with Crippen LogP contribution in [0.15, 0.2) is 35.8 Å². The standard InChI is InChI=1S/C12H14N2O4/c1-3-18-10(15)8-7-13-14-5-4-12(2,11(16)17)6-9(8)14/h4-7,13H,3H2,1-2H3,(H,16,17)/p-1. The van der Waals surface area contributed by atoms with Crippen LogP contribution < -0.4 is 10.5 Å². The summed E-state index contributed by atoms with van der Waals surface area (Å²) in [6.45, 7) is 3.47. The first-order valence-corrected chi connectivity index (χ1v) is 5.54. The highest BCUT2D eigenvalue weighted by atomic mass is 16.5. The molecule has 2 aliphatic heterocycles. The van der Waals surface area contributed by atoms with Crippen molar-refractivity contribution in [3.05, 3.63) is 35.8 Å². The van der Waals surface area contributed by atoms with Crippen LogP contribution in [0.2, 0.25) is 0 Å². The van der Waals surface area contributed by atoms with Crippen LogP contribution in [0.1, 0.15) is 13.8 Å². The van der Waals surface area contributed by atoms with Crippen molar-refractivity contribution in [2.75, 3.05) is 6.61 Å². The quantitative estimate of drug-likeness (QED) is 0.674. The Kier molecular flexibility index (Phi) is 2.86. The Morgan fingerprint density at radius 1 is 1.56 bits per heavy atom. The average Bonchev–Trinajstić information content (AvgIpc) is 2.71. The number of hydrazine groups is 1. The van der Waals surface area contributed by atoms with Crippen LogP contribution in [0.4, 0.5) is 0 Å². The van der Waals surface area contributed by atoms with E-state index in [-0.39, 0.29) is 6.61 Å². The number of carbonyl (C=O) groups excluding carboxylic acids is 2. The number of hydrogen-bond donors (Lipinski definition) is 1. The van der Waals surface area contributed by atoms with Gasteiger partial charge in [0.15, 0.2) is 0 Å². The molecule has 0 saturated carbocycles. The molecule has 0 spiro atoms. The first-order valence-electron chi connectivity index (χ1n) is 5.54. The molecule has 0 aliphatic carbocycles. The lowest BCUT2D eigenvalue weighted by Crippen LogP contribution is -2.41. The fraction of sp³-hybridized carbons (Fsp3) is 0.333. The summed E-state index contributed by atoms with van der Waals surface area (Å²) in [5.41, 5.74) is 2.35. The molecule has 0 saturated heterocycles. The minimum atomic E-state index is -1.23. The number of carboxylic acids is 1. The second-order valence-corrected chi connectivity index (χ2v) is 4.19. The van der Waals surface area contributed by atoms with Gasteiger partial charge in [0.25, 0.3) is 0 Å². The summed E-state index contributed by atoms with van der Waals surface area (Å²) in [6, 6.07) is 0. The minimum absolute atomic E-state index is 0.261. The Morgan fingerprint density at radius 3 is 2.89 bits per heavy atom. The lowest BCUT2D eigenvalue weighted by molar-refractivity contribution is -0.313. The molecular formula is C12H13N2O4-. The maximum absolute atomic E-state index is 11.7. The van der Waals surface area contributed by atoms with E-state index in [9.17, 15) is 14.7 Å². The molecule has 0 aromatic carbocycles. The van der Waals surface area contributed by atoms with E-state index in [0.29, 0.717) is 11.3 Å². The van der Waals surface area contributed by atoms with E-state index in [4.69, 9.17) is 4.74 Å². The van der Waals surface area contributed by atoms with E-state index < -0.39 is 17.4 Å². The maximum Gasteiger partial charge on any atom is 0.341 e. The lowest BCUT2D eigenvalue weighted by Gasteiger charge is -2.31. The summed E-state index contributed by atoms with van der Waals surface area (Å²) in [5.74, 6) is -1.71. The van der Waals surface area contributed by atoms with E-state index in [1.54, 1.807) is 18.1 Å². The molecule has 0 bridgehead atoms. The predicted octanol–water partition coefficient (Wildman–Crippen LogP) is -0.579. The highest BCUT2D eigenvalue weighted by molar-refractivity contribution is 5.94. The maximum atomic E-state index is 11.7. The van der Waals surface area contributed by atoms with Gasteiger partial charge in [-0.25, -0.2) is 4.79 Å². The van der Waals surface area contributed by atoms with Crippen LogP contribution in [0.25, 0.3) is 0 Å². The number of nitrogens with one attached hydrogen (secondary N) is 1. The highest BCUT2D eigenvalue weighted by Crippen LogP contribution is 2.33. The molecule has 6 nitrogen and oxygen atoms in total. The molecule has 2 rings (SSSR count). The first kappa shape index (κ1) is 12.2. The number of carboxylic acid groups (broad SMARTS) is 1. The van der Waals surface area contributed by atoms with Crippen LogP contribution in [0.5, 0.6) is 0 Å². The molecule has 2 heterocycles. The van der Waals surface area contributed by atoms with Gasteiger partial charge in [-0.15, -0.1) is 0 Å². The third-order valence-electron chi connectivity index (χ3n) is 2.83. The Bertz CT molecular complexity index is 492. The zero-order valence-electron chi connectivity index (χ0n) is 10.1. The zero-order valence-corrected chi connectivity index (χ0v) is 10.1. The monoisotopic (exact) mass is 249 g/mol. The molecule has 0 aromatic heterocycles. The molecule has 0 aromatic rings. The SMILES string of the molecule is CCOC(=O)C1=CNN2C=CC(C)(C(=O)[O-])C=C12. The predicted molar refractivity (Wildman–Crippen MR) is 60.0 cm³/mol. The van der Waals surface area contributed by atoms with Gasteiger partial charge < -0.3 is 20.1 Å². The Labute approximate surface area is 104 Å². The first-order chi connectivity index (χ1) is 8.48. The smallest absolute Gasteiger partial charge is 0.341 e. The van der Waals surface area contributed by atoms with Crippen molar-refractivity contribution in [2.45, 2.75) is 13.8 Å². The Hall–Kier alpha value is -2.24. The fourth-order valence-electron chi connectivity index (χ4n) is 1.74. The normalized spacial score (nSPS) is 24.9. The Balaban J connectivity index is 2.32. The summed E-state index contributed by atoms with van der Waals surface area (Å²) >= 11 is 0. The molecule has 1 unspecified atom stereocenters. The zero-order chi connectivity index (χ0) is 13.3. The molecule has 6 heteroatoms. The van der Waals surface area contributed by atoms with Crippen LogP contribution in [0, 0.1) is 5.41 Å². The van der Waals surface area contributed by atoms with Crippen LogP contribution >= 0.6 is 0 Å². The van der Waals surface area contributed by atoms with Crippen molar-refractivity contribution >= 4 is 11.9 Å². The van der Waals surface area contributed by atoms with Crippen molar-refractivity contribution in [2.24, 2.45) is 5.41 Å². The van der Waals surface area contributed by atoms with Gasteiger partial charge in [-0.2, -0.15) is 0 Å². The molecule has 18 heavy (non-hydrogen) atoms. The van der Waals surface area contributed by atoms with Crippen molar-refractivity contribution in [1.29, 1.82) is 0 Å². The number of rotatable bonds is 3. The summed E-state index contributed by atoms with van der Waals surface area (Å²) < 4.78 is 4.90. The molecule has 96 valence electrons. The topological polar surface area (TPSA) is 81.7 Å². The van der Waals surface area contributed by atoms with Crippen molar-refractivity contribution in [1.82, 2.24) is 10.4 Å². The Morgan fingerprint density at radius 2 is 2.28 bits per heavy atom.